The predicted molar refractivity (Wildman–Crippen MR) is 132 cm³/mol. The van der Waals surface area contributed by atoms with Crippen LogP contribution in [0, 0.1) is 0 Å². The van der Waals surface area contributed by atoms with Crippen molar-refractivity contribution in [2.45, 2.75) is 33.3 Å². The van der Waals surface area contributed by atoms with Gasteiger partial charge in [-0.15, -0.1) is 0 Å². The van der Waals surface area contributed by atoms with Gasteiger partial charge in [0.05, 0.1) is 17.6 Å². The first-order valence-corrected chi connectivity index (χ1v) is 11.0. The number of ether oxygens (including phenoxy) is 2. The highest BCUT2D eigenvalue weighted by Crippen LogP contribution is 2.36. The Bertz CT molecular complexity index is 1360. The Morgan fingerprint density at radius 1 is 0.909 bits per heavy atom. The van der Waals surface area contributed by atoms with Crippen LogP contribution < -0.4 is 0 Å². The number of carbonyl (C=O) groups excluding carboxylic acids is 2. The summed E-state index contributed by atoms with van der Waals surface area (Å²) in [5, 5.41) is 1.84. The second kappa shape index (κ2) is 8.94. The van der Waals surface area contributed by atoms with E-state index in [-0.39, 0.29) is 0 Å². The van der Waals surface area contributed by atoms with E-state index in [0.717, 1.165) is 38.5 Å². The molecule has 1 aromatic heterocycles. The number of benzene rings is 3. The van der Waals surface area contributed by atoms with Crippen molar-refractivity contribution in [3.8, 4) is 11.1 Å². The number of esters is 1. The van der Waals surface area contributed by atoms with Gasteiger partial charge in [-0.05, 0) is 68.7 Å². The molecule has 4 rings (SSSR count). The third-order valence-electron chi connectivity index (χ3n) is 5.19. The lowest BCUT2D eigenvalue weighted by molar-refractivity contribution is -0.137. The van der Waals surface area contributed by atoms with Gasteiger partial charge in [-0.3, -0.25) is 0 Å². The Labute approximate surface area is 193 Å². The molecule has 0 amide bonds. The van der Waals surface area contributed by atoms with Crippen molar-refractivity contribution in [2.75, 3.05) is 6.61 Å². The maximum absolute atomic E-state index is 13.2. The van der Waals surface area contributed by atoms with Crippen LogP contribution in [-0.2, 0) is 14.3 Å². The Hall–Kier alpha value is -3.86. The Balaban J connectivity index is 2.00. The second-order valence-electron chi connectivity index (χ2n) is 8.74. The average Bonchev–Trinajstić information content (AvgIpc) is 3.10. The van der Waals surface area contributed by atoms with Crippen LogP contribution in [0.25, 0.3) is 39.0 Å². The Kier molecular flexibility index (Phi) is 6.05. The predicted octanol–water partition coefficient (Wildman–Crippen LogP) is 6.82. The highest BCUT2D eigenvalue weighted by Gasteiger charge is 2.23. The zero-order valence-corrected chi connectivity index (χ0v) is 19.3. The first-order valence-electron chi connectivity index (χ1n) is 11.0. The number of rotatable bonds is 4. The highest BCUT2D eigenvalue weighted by molar-refractivity contribution is 6.14. The Morgan fingerprint density at radius 2 is 1.61 bits per heavy atom. The van der Waals surface area contributed by atoms with Gasteiger partial charge in [0.1, 0.15) is 5.60 Å². The number of hydrogen-bond acceptors (Lipinski definition) is 4. The van der Waals surface area contributed by atoms with E-state index in [1.807, 2.05) is 87.5 Å². The maximum atomic E-state index is 13.2. The normalized spacial score (nSPS) is 11.9. The minimum absolute atomic E-state index is 0.317. The smallest absolute Gasteiger partial charge is 0.419 e. The Morgan fingerprint density at radius 3 is 2.30 bits per heavy atom. The number of hydrogen-bond donors (Lipinski definition) is 0. The first-order chi connectivity index (χ1) is 15.8. The van der Waals surface area contributed by atoms with Crippen molar-refractivity contribution in [3.05, 3.63) is 78.4 Å². The molecule has 0 saturated heterocycles. The van der Waals surface area contributed by atoms with Gasteiger partial charge in [0, 0.05) is 16.8 Å². The molecule has 0 fully saturated rings. The summed E-state index contributed by atoms with van der Waals surface area (Å²) in [6.07, 6.45) is 2.77. The summed E-state index contributed by atoms with van der Waals surface area (Å²) in [5.41, 5.74) is 3.62. The lowest BCUT2D eigenvalue weighted by atomic mass is 9.97. The monoisotopic (exact) mass is 441 g/mol. The van der Waals surface area contributed by atoms with Gasteiger partial charge in [0.2, 0.25) is 0 Å². The van der Waals surface area contributed by atoms with E-state index in [2.05, 4.69) is 0 Å². The van der Waals surface area contributed by atoms with Crippen LogP contribution in [0.15, 0.2) is 72.8 Å². The summed E-state index contributed by atoms with van der Waals surface area (Å²) in [5.74, 6) is -0.396. The molecule has 0 unspecified atom stereocenters. The van der Waals surface area contributed by atoms with Gasteiger partial charge in [-0.1, -0.05) is 48.5 Å². The molecule has 4 aromatic rings. The first kappa shape index (κ1) is 22.3. The van der Waals surface area contributed by atoms with Crippen LogP contribution in [-0.4, -0.2) is 28.8 Å². The van der Waals surface area contributed by atoms with E-state index in [0.29, 0.717) is 6.61 Å². The SMILES string of the molecule is CCOC(=O)/C=C/c1cc2c3ccccc3n(C(=O)OC(C)(C)C)c2cc1-c1ccccc1. The maximum Gasteiger partial charge on any atom is 0.419 e. The summed E-state index contributed by atoms with van der Waals surface area (Å²) in [6, 6.07) is 21.6. The summed E-state index contributed by atoms with van der Waals surface area (Å²) in [7, 11) is 0. The summed E-state index contributed by atoms with van der Waals surface area (Å²) >= 11 is 0. The standard InChI is InChI=1S/C28H27NO4/c1-5-32-26(30)16-15-20-17-23-21-13-9-10-14-24(21)29(27(31)33-28(2,3)4)25(23)18-22(20)19-11-7-6-8-12-19/h6-18H,5H2,1-4H3/b16-15+. The fourth-order valence-corrected chi connectivity index (χ4v) is 3.89. The van der Waals surface area contributed by atoms with E-state index < -0.39 is 17.7 Å². The molecule has 0 aliphatic heterocycles. The van der Waals surface area contributed by atoms with Crippen LogP contribution in [0.4, 0.5) is 4.79 Å². The molecule has 0 saturated carbocycles. The van der Waals surface area contributed by atoms with Crippen molar-refractivity contribution in [1.29, 1.82) is 0 Å². The molecule has 0 aliphatic carbocycles. The second-order valence-corrected chi connectivity index (χ2v) is 8.74. The van der Waals surface area contributed by atoms with Crippen molar-refractivity contribution in [3.63, 3.8) is 0 Å². The molecular weight excluding hydrogens is 414 g/mol. The lowest BCUT2D eigenvalue weighted by Gasteiger charge is -2.20. The number of nitrogens with zero attached hydrogens (tertiary/aromatic N) is 1. The van der Waals surface area contributed by atoms with Crippen LogP contribution in [0.1, 0.15) is 33.3 Å². The van der Waals surface area contributed by atoms with Crippen molar-refractivity contribution < 1.29 is 19.1 Å². The number of para-hydroxylation sites is 1. The van der Waals surface area contributed by atoms with Crippen molar-refractivity contribution >= 4 is 39.9 Å². The van der Waals surface area contributed by atoms with E-state index in [9.17, 15) is 9.59 Å². The third kappa shape index (κ3) is 4.67. The molecule has 0 atom stereocenters. The quantitative estimate of drug-likeness (QED) is 0.257. The zero-order valence-electron chi connectivity index (χ0n) is 19.3. The van der Waals surface area contributed by atoms with E-state index in [1.54, 1.807) is 17.6 Å². The molecule has 0 aliphatic rings. The molecule has 1 heterocycles. The zero-order chi connectivity index (χ0) is 23.6. The van der Waals surface area contributed by atoms with E-state index in [1.165, 1.54) is 6.08 Å². The fraction of sp³-hybridized carbons (Fsp3) is 0.214. The third-order valence-corrected chi connectivity index (χ3v) is 5.19. The molecule has 5 heteroatoms. The van der Waals surface area contributed by atoms with Gasteiger partial charge in [-0.2, -0.15) is 0 Å². The fourth-order valence-electron chi connectivity index (χ4n) is 3.89. The minimum Gasteiger partial charge on any atom is -0.463 e. The highest BCUT2D eigenvalue weighted by atomic mass is 16.6. The van der Waals surface area contributed by atoms with Gasteiger partial charge in [-0.25, -0.2) is 14.2 Å². The van der Waals surface area contributed by atoms with Crippen LogP contribution in [0.3, 0.4) is 0 Å². The number of aromatic nitrogens is 1. The van der Waals surface area contributed by atoms with E-state index in [4.69, 9.17) is 9.47 Å². The van der Waals surface area contributed by atoms with Gasteiger partial charge in [0.25, 0.3) is 0 Å². The molecule has 168 valence electrons. The van der Waals surface area contributed by atoms with Crippen molar-refractivity contribution in [2.24, 2.45) is 0 Å². The van der Waals surface area contributed by atoms with Crippen LogP contribution in [0.2, 0.25) is 0 Å². The van der Waals surface area contributed by atoms with Gasteiger partial charge >= 0.3 is 12.1 Å². The molecule has 5 nitrogen and oxygen atoms in total. The summed E-state index contributed by atoms with van der Waals surface area (Å²) < 4.78 is 12.4. The lowest BCUT2D eigenvalue weighted by Crippen LogP contribution is -2.27. The van der Waals surface area contributed by atoms with E-state index >= 15 is 0 Å². The molecule has 33 heavy (non-hydrogen) atoms. The molecule has 0 N–H and O–H groups in total. The average molecular weight is 442 g/mol. The summed E-state index contributed by atoms with van der Waals surface area (Å²) in [6.45, 7) is 7.65. The van der Waals surface area contributed by atoms with Crippen molar-refractivity contribution in [1.82, 2.24) is 4.57 Å². The topological polar surface area (TPSA) is 57.5 Å². The van der Waals surface area contributed by atoms with Crippen LogP contribution in [0.5, 0.6) is 0 Å². The molecular formula is C28H27NO4. The minimum atomic E-state index is -0.626. The number of fused-ring (bicyclic) bond motifs is 3. The molecule has 0 radical (unpaired) electrons. The largest absolute Gasteiger partial charge is 0.463 e. The molecule has 3 aromatic carbocycles. The molecule has 0 spiro atoms. The number of carbonyl (C=O) groups is 2. The molecule has 0 bridgehead atoms. The van der Waals surface area contributed by atoms with Crippen LogP contribution >= 0.6 is 0 Å². The summed E-state index contributed by atoms with van der Waals surface area (Å²) in [4.78, 5) is 25.2. The van der Waals surface area contributed by atoms with Gasteiger partial charge < -0.3 is 9.47 Å². The van der Waals surface area contributed by atoms with Gasteiger partial charge in [0.15, 0.2) is 0 Å².